The van der Waals surface area contributed by atoms with Gasteiger partial charge in [-0.25, -0.2) is 9.80 Å². The lowest BCUT2D eigenvalue weighted by Gasteiger charge is -2.30. The molecule has 0 unspecified atom stereocenters. The highest BCUT2D eigenvalue weighted by atomic mass is 35.5. The van der Waals surface area contributed by atoms with Crippen LogP contribution in [0.15, 0.2) is 78.9 Å². The molecule has 11 heteroatoms. The number of ketones is 1. The zero-order valence-electron chi connectivity index (χ0n) is 22.3. The van der Waals surface area contributed by atoms with E-state index in [9.17, 15) is 24.0 Å². The molecule has 2 aliphatic rings. The van der Waals surface area contributed by atoms with Crippen LogP contribution in [-0.2, 0) is 9.59 Å². The maximum Gasteiger partial charge on any atom is 0.343 e. The van der Waals surface area contributed by atoms with Gasteiger partial charge in [0.2, 0.25) is 0 Å². The second-order valence-electron chi connectivity index (χ2n) is 9.70. The van der Waals surface area contributed by atoms with Gasteiger partial charge >= 0.3 is 5.97 Å². The van der Waals surface area contributed by atoms with Gasteiger partial charge in [0.1, 0.15) is 18.0 Å². The number of methoxy groups -OCH3 is 1. The molecule has 0 spiro atoms. The van der Waals surface area contributed by atoms with Gasteiger partial charge in [-0.15, -0.1) is 0 Å². The van der Waals surface area contributed by atoms with Crippen molar-refractivity contribution in [1.82, 2.24) is 10.0 Å². The molecule has 214 valence electrons. The summed E-state index contributed by atoms with van der Waals surface area (Å²) < 4.78 is 10.5. The molecule has 1 saturated heterocycles. The molecule has 0 N–H and O–H groups in total. The van der Waals surface area contributed by atoms with E-state index in [1.54, 1.807) is 18.2 Å². The highest BCUT2D eigenvalue weighted by Gasteiger charge is 2.51. The second kappa shape index (κ2) is 12.2. The Morgan fingerprint density at radius 1 is 0.810 bits per heavy atom. The number of hydrogen-bond acceptors (Lipinski definition) is 7. The SMILES string of the molecule is COc1cccc(C(=O)Oc2ccc(C(=O)CN(C(=O)c3ccc(Cl)c(Cl)c3)N3C(=O)[C@H]4CC=CC[C@@H]4C3=O)cc2)c1. The number of hydrazine groups is 1. The molecule has 42 heavy (non-hydrogen) atoms. The van der Waals surface area contributed by atoms with Crippen molar-refractivity contribution in [2.45, 2.75) is 12.8 Å². The first-order chi connectivity index (χ1) is 20.2. The molecule has 0 aromatic heterocycles. The topological polar surface area (TPSA) is 110 Å². The molecule has 0 bridgehead atoms. The van der Waals surface area contributed by atoms with E-state index in [1.165, 1.54) is 55.6 Å². The number of rotatable bonds is 8. The summed E-state index contributed by atoms with van der Waals surface area (Å²) in [5.74, 6) is -3.57. The molecule has 5 rings (SSSR count). The smallest absolute Gasteiger partial charge is 0.343 e. The number of imide groups is 1. The maximum absolute atomic E-state index is 13.7. The van der Waals surface area contributed by atoms with Crippen LogP contribution in [0.4, 0.5) is 0 Å². The van der Waals surface area contributed by atoms with Crippen molar-refractivity contribution >= 4 is 52.7 Å². The van der Waals surface area contributed by atoms with E-state index in [4.69, 9.17) is 32.7 Å². The third kappa shape index (κ3) is 5.79. The quantitative estimate of drug-likeness (QED) is 0.111. The first-order valence-electron chi connectivity index (χ1n) is 13.0. The number of fused-ring (bicyclic) bond motifs is 1. The number of esters is 1. The van der Waals surface area contributed by atoms with Crippen molar-refractivity contribution < 1.29 is 33.4 Å². The maximum atomic E-state index is 13.7. The lowest BCUT2D eigenvalue weighted by atomic mass is 9.85. The summed E-state index contributed by atoms with van der Waals surface area (Å²) in [6, 6.07) is 16.3. The zero-order valence-corrected chi connectivity index (χ0v) is 23.8. The van der Waals surface area contributed by atoms with Crippen LogP contribution >= 0.6 is 23.2 Å². The van der Waals surface area contributed by atoms with E-state index in [-0.39, 0.29) is 32.5 Å². The van der Waals surface area contributed by atoms with Gasteiger partial charge < -0.3 is 9.47 Å². The minimum Gasteiger partial charge on any atom is -0.497 e. The molecular weight excluding hydrogens is 583 g/mol. The summed E-state index contributed by atoms with van der Waals surface area (Å²) >= 11 is 12.1. The fraction of sp³-hybridized carbons (Fsp3) is 0.194. The van der Waals surface area contributed by atoms with E-state index in [2.05, 4.69) is 0 Å². The number of hydrogen-bond donors (Lipinski definition) is 0. The molecule has 2 atom stereocenters. The Kier molecular flexibility index (Phi) is 8.42. The molecule has 1 aliphatic heterocycles. The lowest BCUT2D eigenvalue weighted by Crippen LogP contribution is -2.52. The lowest BCUT2D eigenvalue weighted by molar-refractivity contribution is -0.154. The van der Waals surface area contributed by atoms with Crippen molar-refractivity contribution in [1.29, 1.82) is 0 Å². The van der Waals surface area contributed by atoms with Crippen molar-refractivity contribution in [2.24, 2.45) is 11.8 Å². The Labute approximate surface area is 251 Å². The van der Waals surface area contributed by atoms with Crippen LogP contribution in [0.2, 0.25) is 10.0 Å². The van der Waals surface area contributed by atoms with E-state index < -0.39 is 47.9 Å². The van der Waals surface area contributed by atoms with E-state index in [1.807, 2.05) is 12.2 Å². The van der Waals surface area contributed by atoms with Crippen molar-refractivity contribution in [3.8, 4) is 11.5 Å². The Morgan fingerprint density at radius 3 is 2.07 bits per heavy atom. The van der Waals surface area contributed by atoms with Gasteiger partial charge in [0, 0.05) is 11.1 Å². The van der Waals surface area contributed by atoms with Gasteiger partial charge in [0.15, 0.2) is 5.78 Å². The van der Waals surface area contributed by atoms with Crippen molar-refractivity contribution in [3.05, 3.63) is 106 Å². The van der Waals surface area contributed by atoms with Gasteiger partial charge in [-0.2, -0.15) is 5.01 Å². The van der Waals surface area contributed by atoms with Crippen LogP contribution in [0, 0.1) is 11.8 Å². The minimum absolute atomic E-state index is 0.0469. The average molecular weight is 607 g/mol. The molecule has 3 aromatic rings. The summed E-state index contributed by atoms with van der Waals surface area (Å²) in [4.78, 5) is 66.3. The predicted molar refractivity (Wildman–Crippen MR) is 153 cm³/mol. The number of carbonyl (C=O) groups is 5. The molecule has 0 saturated carbocycles. The van der Waals surface area contributed by atoms with Gasteiger partial charge in [0.05, 0.1) is 34.6 Å². The minimum atomic E-state index is -0.765. The highest BCUT2D eigenvalue weighted by Crippen LogP contribution is 2.36. The Hall–Kier alpha value is -4.47. The van der Waals surface area contributed by atoms with E-state index in [0.717, 1.165) is 10.0 Å². The molecule has 1 aliphatic carbocycles. The Morgan fingerprint density at radius 2 is 1.45 bits per heavy atom. The van der Waals surface area contributed by atoms with Crippen LogP contribution < -0.4 is 9.47 Å². The van der Waals surface area contributed by atoms with Gasteiger partial charge in [0.25, 0.3) is 17.7 Å². The Balaban J connectivity index is 1.37. The standard InChI is InChI=1S/C31H24Cl2N2O7/c1-41-22-6-4-5-20(15-22)31(40)42-21-12-9-18(10-13-21)27(36)17-34(28(37)19-11-14-25(32)26(33)16-19)35-29(38)23-7-2-3-8-24(23)30(35)39/h2-6,9-16,23-24H,7-8,17H2,1H3/t23-,24-/m0/s1. The number of halogens is 2. The highest BCUT2D eigenvalue weighted by molar-refractivity contribution is 6.42. The summed E-state index contributed by atoms with van der Waals surface area (Å²) in [5, 5.41) is 1.97. The predicted octanol–water partition coefficient (Wildman–Crippen LogP) is 5.41. The summed E-state index contributed by atoms with van der Waals surface area (Å²) in [7, 11) is 1.49. The number of ether oxygens (including phenoxy) is 2. The van der Waals surface area contributed by atoms with Gasteiger partial charge in [-0.3, -0.25) is 19.2 Å². The fourth-order valence-corrected chi connectivity index (χ4v) is 5.18. The molecule has 3 aromatic carbocycles. The number of Topliss-reactive ketones (excluding diaryl/α,β-unsaturated/α-hetero) is 1. The fourth-order valence-electron chi connectivity index (χ4n) is 4.88. The van der Waals surface area contributed by atoms with E-state index in [0.29, 0.717) is 18.6 Å². The van der Waals surface area contributed by atoms with Crippen LogP contribution in [0.25, 0.3) is 0 Å². The summed E-state index contributed by atoms with van der Waals surface area (Å²) in [6.45, 7) is -0.605. The summed E-state index contributed by atoms with van der Waals surface area (Å²) in [5.41, 5.74) is 0.494. The average Bonchev–Trinajstić information content (AvgIpc) is 3.26. The van der Waals surface area contributed by atoms with Crippen LogP contribution in [0.3, 0.4) is 0 Å². The molecular formula is C31H24Cl2N2O7. The molecule has 9 nitrogen and oxygen atoms in total. The van der Waals surface area contributed by atoms with Crippen LogP contribution in [0.1, 0.15) is 43.9 Å². The summed E-state index contributed by atoms with van der Waals surface area (Å²) in [6.07, 6.45) is 4.39. The molecule has 0 radical (unpaired) electrons. The Bertz CT molecular complexity index is 1590. The zero-order chi connectivity index (χ0) is 30.0. The first kappa shape index (κ1) is 29.0. The van der Waals surface area contributed by atoms with Gasteiger partial charge in [-0.1, -0.05) is 41.4 Å². The molecule has 1 fully saturated rings. The van der Waals surface area contributed by atoms with Crippen LogP contribution in [0.5, 0.6) is 11.5 Å². The second-order valence-corrected chi connectivity index (χ2v) is 10.5. The molecule has 1 heterocycles. The monoisotopic (exact) mass is 606 g/mol. The third-order valence-corrected chi connectivity index (χ3v) is 7.85. The number of benzene rings is 3. The number of nitrogens with zero attached hydrogens (tertiary/aromatic N) is 2. The number of amides is 3. The van der Waals surface area contributed by atoms with Gasteiger partial charge in [-0.05, 0) is 73.5 Å². The van der Waals surface area contributed by atoms with Crippen molar-refractivity contribution in [2.75, 3.05) is 13.7 Å². The van der Waals surface area contributed by atoms with E-state index >= 15 is 0 Å². The normalized spacial score (nSPS) is 17.5. The van der Waals surface area contributed by atoms with Crippen LogP contribution in [-0.4, -0.2) is 53.1 Å². The first-order valence-corrected chi connectivity index (χ1v) is 13.7. The number of allylic oxidation sites excluding steroid dienone is 2. The largest absolute Gasteiger partial charge is 0.497 e. The van der Waals surface area contributed by atoms with Crippen molar-refractivity contribution in [3.63, 3.8) is 0 Å². The number of carbonyl (C=O) groups excluding carboxylic acids is 5. The molecule has 3 amide bonds. The third-order valence-electron chi connectivity index (χ3n) is 7.11.